The van der Waals surface area contributed by atoms with Gasteiger partial charge in [0, 0.05) is 17.8 Å². The Hall–Kier alpha value is -2.53. The van der Waals surface area contributed by atoms with Crippen molar-refractivity contribution in [1.82, 2.24) is 4.72 Å². The molecule has 0 spiro atoms. The molecule has 0 saturated carbocycles. The van der Waals surface area contributed by atoms with Gasteiger partial charge < -0.3 is 15.9 Å². The number of nitrogens with one attached hydrogen (secondary N) is 1. The fourth-order valence-corrected chi connectivity index (χ4v) is 3.46. The summed E-state index contributed by atoms with van der Waals surface area (Å²) in [6, 6.07) is 9.26. The number of benzene rings is 2. The van der Waals surface area contributed by atoms with Crippen LogP contribution in [0.5, 0.6) is 0 Å². The van der Waals surface area contributed by atoms with E-state index in [1.54, 1.807) is 0 Å². The van der Waals surface area contributed by atoms with Crippen molar-refractivity contribution in [3.63, 3.8) is 0 Å². The van der Waals surface area contributed by atoms with Crippen LogP contribution in [0.4, 0.5) is 11.4 Å². The van der Waals surface area contributed by atoms with E-state index >= 15 is 0 Å². The molecule has 0 aliphatic heterocycles. The molecule has 2 atom stereocenters. The fraction of sp³-hybridized carbons (Fsp3) is 0.200. The van der Waals surface area contributed by atoms with Crippen LogP contribution in [-0.2, 0) is 10.0 Å². The van der Waals surface area contributed by atoms with Crippen LogP contribution in [0, 0.1) is 10.1 Å². The Morgan fingerprint density at radius 1 is 1.20 bits per heavy atom. The summed E-state index contributed by atoms with van der Waals surface area (Å²) in [5.41, 5.74) is 5.86. The first-order chi connectivity index (χ1) is 11.7. The first kappa shape index (κ1) is 18.8. The van der Waals surface area contributed by atoms with Crippen molar-refractivity contribution in [3.05, 3.63) is 64.2 Å². The van der Waals surface area contributed by atoms with Crippen LogP contribution >= 0.6 is 0 Å². The van der Waals surface area contributed by atoms with Crippen molar-refractivity contribution in [2.24, 2.45) is 0 Å². The first-order valence-electron chi connectivity index (χ1n) is 7.16. The van der Waals surface area contributed by atoms with Gasteiger partial charge in [-0.3, -0.25) is 10.1 Å². The highest BCUT2D eigenvalue weighted by molar-refractivity contribution is 7.89. The van der Waals surface area contributed by atoms with Gasteiger partial charge in [0.2, 0.25) is 10.0 Å². The summed E-state index contributed by atoms with van der Waals surface area (Å²) in [7, 11) is -4.03. The van der Waals surface area contributed by atoms with Crippen LogP contribution in [-0.4, -0.2) is 36.2 Å². The van der Waals surface area contributed by atoms with E-state index in [4.69, 9.17) is 5.73 Å². The monoisotopic (exact) mass is 367 g/mol. The highest BCUT2D eigenvalue weighted by Gasteiger charge is 2.27. The lowest BCUT2D eigenvalue weighted by Gasteiger charge is -2.22. The van der Waals surface area contributed by atoms with Crippen molar-refractivity contribution in [2.45, 2.75) is 17.0 Å². The number of hydrogen-bond donors (Lipinski definition) is 4. The van der Waals surface area contributed by atoms with Crippen molar-refractivity contribution >= 4 is 21.4 Å². The SMILES string of the molecule is Nc1cccc(S(=O)(=O)N[C@H](CO)[C@@H](O)c2ccc([N+](=O)[O-])cc2)c1. The van der Waals surface area contributed by atoms with E-state index < -0.39 is 33.7 Å². The molecule has 2 aromatic carbocycles. The zero-order chi connectivity index (χ0) is 18.6. The maximum atomic E-state index is 12.4. The summed E-state index contributed by atoms with van der Waals surface area (Å²) in [4.78, 5) is 9.94. The Kier molecular flexibility index (Phi) is 5.69. The summed E-state index contributed by atoms with van der Waals surface area (Å²) < 4.78 is 26.9. The minimum Gasteiger partial charge on any atom is -0.399 e. The maximum absolute atomic E-state index is 12.4. The van der Waals surface area contributed by atoms with E-state index in [2.05, 4.69) is 4.72 Å². The van der Waals surface area contributed by atoms with E-state index in [-0.39, 0.29) is 21.8 Å². The van der Waals surface area contributed by atoms with E-state index in [1.165, 1.54) is 48.5 Å². The molecule has 0 radical (unpaired) electrons. The second-order valence-electron chi connectivity index (χ2n) is 5.28. The zero-order valence-electron chi connectivity index (χ0n) is 12.9. The minimum atomic E-state index is -4.03. The summed E-state index contributed by atoms with van der Waals surface area (Å²) in [6.45, 7) is -0.681. The number of aliphatic hydroxyl groups is 2. The predicted octanol–water partition coefficient (Wildman–Crippen LogP) is 0.550. The molecule has 2 rings (SSSR count). The Morgan fingerprint density at radius 2 is 1.84 bits per heavy atom. The number of anilines is 1. The summed E-state index contributed by atoms with van der Waals surface area (Å²) in [6.07, 6.45) is -1.40. The number of sulfonamides is 1. The van der Waals surface area contributed by atoms with E-state index in [0.717, 1.165) is 0 Å². The topological polar surface area (TPSA) is 156 Å². The number of nitrogen functional groups attached to an aromatic ring is 1. The van der Waals surface area contributed by atoms with Gasteiger partial charge in [-0.15, -0.1) is 0 Å². The number of nitrogens with two attached hydrogens (primary N) is 1. The molecule has 0 bridgehead atoms. The molecule has 0 aromatic heterocycles. The molecule has 134 valence electrons. The fourth-order valence-electron chi connectivity index (χ4n) is 2.18. The molecule has 0 amide bonds. The molecule has 5 N–H and O–H groups in total. The summed E-state index contributed by atoms with van der Waals surface area (Å²) in [5.74, 6) is 0. The number of nitro groups is 1. The Labute approximate surface area is 143 Å². The van der Waals surface area contributed by atoms with E-state index in [0.29, 0.717) is 0 Å². The zero-order valence-corrected chi connectivity index (χ0v) is 13.8. The van der Waals surface area contributed by atoms with Gasteiger partial charge in [0.25, 0.3) is 5.69 Å². The molecular weight excluding hydrogens is 350 g/mol. The second-order valence-corrected chi connectivity index (χ2v) is 6.99. The van der Waals surface area contributed by atoms with Gasteiger partial charge in [-0.05, 0) is 35.9 Å². The van der Waals surface area contributed by atoms with Gasteiger partial charge in [-0.1, -0.05) is 6.07 Å². The Balaban J connectivity index is 2.22. The average Bonchev–Trinajstić information content (AvgIpc) is 2.59. The highest BCUT2D eigenvalue weighted by atomic mass is 32.2. The van der Waals surface area contributed by atoms with Crippen molar-refractivity contribution in [2.75, 3.05) is 12.3 Å². The molecule has 0 saturated heterocycles. The van der Waals surface area contributed by atoms with Crippen molar-refractivity contribution in [3.8, 4) is 0 Å². The number of nitrogens with zero attached hydrogens (tertiary/aromatic N) is 1. The smallest absolute Gasteiger partial charge is 0.269 e. The van der Waals surface area contributed by atoms with Crippen LogP contribution < -0.4 is 10.5 Å². The lowest BCUT2D eigenvalue weighted by Crippen LogP contribution is -2.41. The van der Waals surface area contributed by atoms with Crippen LogP contribution in [0.1, 0.15) is 11.7 Å². The highest BCUT2D eigenvalue weighted by Crippen LogP contribution is 2.22. The standard InChI is InChI=1S/C15H17N3O6S/c16-11-2-1-3-13(8-11)25(23,24)17-14(9-19)15(20)10-4-6-12(7-5-10)18(21)22/h1-8,14-15,17,19-20H,9,16H2/t14-,15+/m1/s1. The van der Waals surface area contributed by atoms with E-state index in [9.17, 15) is 28.7 Å². The third kappa shape index (κ3) is 4.51. The average molecular weight is 367 g/mol. The molecule has 0 aliphatic rings. The van der Waals surface area contributed by atoms with Crippen LogP contribution in [0.3, 0.4) is 0 Å². The molecule has 0 aliphatic carbocycles. The van der Waals surface area contributed by atoms with Gasteiger partial charge in [0.05, 0.1) is 28.6 Å². The second kappa shape index (κ2) is 7.57. The number of non-ortho nitro benzene ring substituents is 1. The Bertz CT molecular complexity index is 854. The number of aliphatic hydroxyl groups excluding tert-OH is 2. The first-order valence-corrected chi connectivity index (χ1v) is 8.64. The van der Waals surface area contributed by atoms with Gasteiger partial charge in [0.1, 0.15) is 0 Å². The van der Waals surface area contributed by atoms with Gasteiger partial charge in [-0.25, -0.2) is 13.1 Å². The molecule has 0 fully saturated rings. The lowest BCUT2D eigenvalue weighted by atomic mass is 10.0. The number of nitro benzene ring substituents is 1. The summed E-state index contributed by atoms with van der Waals surface area (Å²) in [5, 5.41) is 30.4. The van der Waals surface area contributed by atoms with Gasteiger partial charge in [-0.2, -0.15) is 0 Å². The number of hydrogen-bond acceptors (Lipinski definition) is 7. The third-order valence-electron chi connectivity index (χ3n) is 3.50. The Morgan fingerprint density at radius 3 is 2.36 bits per heavy atom. The molecule has 9 nitrogen and oxygen atoms in total. The maximum Gasteiger partial charge on any atom is 0.269 e. The van der Waals surface area contributed by atoms with Crippen molar-refractivity contribution < 1.29 is 23.6 Å². The molecule has 10 heteroatoms. The van der Waals surface area contributed by atoms with Gasteiger partial charge >= 0.3 is 0 Å². The molecule has 2 aromatic rings. The summed E-state index contributed by atoms with van der Waals surface area (Å²) >= 11 is 0. The molecule has 0 heterocycles. The quantitative estimate of drug-likeness (QED) is 0.316. The minimum absolute atomic E-state index is 0.109. The number of rotatable bonds is 7. The van der Waals surface area contributed by atoms with Crippen LogP contribution in [0.2, 0.25) is 0 Å². The lowest BCUT2D eigenvalue weighted by molar-refractivity contribution is -0.384. The van der Waals surface area contributed by atoms with Crippen LogP contribution in [0.25, 0.3) is 0 Å². The molecular formula is C15H17N3O6S. The normalized spacial score (nSPS) is 14.0. The van der Waals surface area contributed by atoms with E-state index in [1.807, 2.05) is 0 Å². The molecule has 25 heavy (non-hydrogen) atoms. The third-order valence-corrected chi connectivity index (χ3v) is 4.99. The predicted molar refractivity (Wildman–Crippen MR) is 90.1 cm³/mol. The van der Waals surface area contributed by atoms with Crippen molar-refractivity contribution in [1.29, 1.82) is 0 Å². The van der Waals surface area contributed by atoms with Gasteiger partial charge in [0.15, 0.2) is 0 Å². The largest absolute Gasteiger partial charge is 0.399 e. The molecule has 0 unspecified atom stereocenters. The van der Waals surface area contributed by atoms with Crippen LogP contribution in [0.15, 0.2) is 53.4 Å².